The zero-order valence-electron chi connectivity index (χ0n) is 50.9. The number of carboxylic acid groups (broad SMARTS) is 2. The Bertz CT molecular complexity index is 4060. The van der Waals surface area contributed by atoms with Crippen molar-refractivity contribution in [3.05, 3.63) is 111 Å². The lowest BCUT2D eigenvalue weighted by Crippen LogP contribution is -2.42. The zero-order valence-corrected chi connectivity index (χ0v) is 55.8. The number of nitrogens with one attached hydrogen (secondary N) is 4. The van der Waals surface area contributed by atoms with Gasteiger partial charge in [0.1, 0.15) is 83.3 Å². The minimum atomic E-state index is -1.31. The fourth-order valence-electron chi connectivity index (χ4n) is 10.5. The van der Waals surface area contributed by atoms with Gasteiger partial charge in [0.15, 0.2) is 5.78 Å². The first-order valence-electron chi connectivity index (χ1n) is 29.3. The van der Waals surface area contributed by atoms with E-state index in [-0.39, 0.29) is 66.3 Å². The van der Waals surface area contributed by atoms with Gasteiger partial charge in [-0.2, -0.15) is 0 Å². The highest BCUT2D eigenvalue weighted by Gasteiger charge is 2.35. The summed E-state index contributed by atoms with van der Waals surface area (Å²) < 4.78 is 16.9. The standard InChI is InChI=1S/C61H64N12O14S6/c1-28(2)35-19-41(74)47-29(3)92-58(71-47)37(20-44(75)62-4)65-52(80)39-25-88-54(67-39)34-16-17-36(56-69-43(27-91-56)73(22-33(86-6)18-46(77)78)61(84)87-32-14-12-31(13-15-32)60(82)83)64-48(34)38-24-89-57(66-38)40-26-90-59(68-40)50(51(79)30-10-8-7-9-11-30)70-45(76)21-63-53(81)49-42(23-85-5)93-55(35)72-49/h7-11,16-17,24-28,31-33,35,37,50-51,79H,12-15,18-23H2,1-6H3,(H,62,75)(H,63,81)(H,65,80)(H,70,76)(H,77,78)(H,82,83)/t31?,32?,33?,35?,37-,50-,51-/m0/s1. The van der Waals surface area contributed by atoms with Crippen molar-refractivity contribution < 1.29 is 67.9 Å². The second-order valence-corrected chi connectivity index (χ2v) is 28.0. The van der Waals surface area contributed by atoms with E-state index in [4.69, 9.17) is 49.1 Å². The first-order chi connectivity index (χ1) is 44.7. The van der Waals surface area contributed by atoms with Crippen molar-refractivity contribution in [2.45, 2.75) is 109 Å². The van der Waals surface area contributed by atoms with Gasteiger partial charge in [0.25, 0.3) is 11.8 Å². The number of methoxy groups -OCH3 is 2. The summed E-state index contributed by atoms with van der Waals surface area (Å²) in [5, 5.41) is 51.2. The molecule has 1 aliphatic heterocycles. The fraction of sp³-hybridized carbons (Fsp3) is 0.393. The molecule has 5 amide bonds. The Morgan fingerprint density at radius 3 is 2.14 bits per heavy atom. The summed E-state index contributed by atoms with van der Waals surface area (Å²) in [7, 11) is 4.26. The molecule has 93 heavy (non-hydrogen) atoms. The number of nitrogens with zero attached hydrogens (tertiary/aromatic N) is 8. The van der Waals surface area contributed by atoms with Crippen LogP contribution in [-0.4, -0.2) is 144 Å². The quantitative estimate of drug-likeness (QED) is 0.0473. The zero-order chi connectivity index (χ0) is 66.2. The van der Waals surface area contributed by atoms with Gasteiger partial charge >= 0.3 is 18.0 Å². The van der Waals surface area contributed by atoms with Gasteiger partial charge in [-0.15, -0.1) is 68.0 Å². The van der Waals surface area contributed by atoms with E-state index in [0.29, 0.717) is 93.7 Å². The summed E-state index contributed by atoms with van der Waals surface area (Å²) in [6.07, 6.45) is -3.22. The van der Waals surface area contributed by atoms with Gasteiger partial charge in [0.2, 0.25) is 11.8 Å². The van der Waals surface area contributed by atoms with Gasteiger partial charge in [0.05, 0.1) is 66.2 Å². The summed E-state index contributed by atoms with van der Waals surface area (Å²) in [5.41, 5.74) is 2.37. The van der Waals surface area contributed by atoms with Crippen molar-refractivity contribution >= 4 is 121 Å². The van der Waals surface area contributed by atoms with Crippen molar-refractivity contribution in [2.75, 3.05) is 39.3 Å². The third-order valence-corrected chi connectivity index (χ3v) is 21.3. The molecule has 7 aromatic heterocycles. The van der Waals surface area contributed by atoms with Gasteiger partial charge in [0, 0.05) is 65.6 Å². The van der Waals surface area contributed by atoms with E-state index in [1.54, 1.807) is 70.9 Å². The van der Waals surface area contributed by atoms with E-state index in [0.717, 1.165) is 45.3 Å². The second kappa shape index (κ2) is 30.2. The Morgan fingerprint density at radius 1 is 0.731 bits per heavy atom. The Balaban J connectivity index is 1.05. The number of aromatic nitrogens is 7. The van der Waals surface area contributed by atoms with Crippen LogP contribution in [0.5, 0.6) is 0 Å². The van der Waals surface area contributed by atoms with Crippen LogP contribution < -0.4 is 26.2 Å². The topological polar surface area (TPSA) is 367 Å². The van der Waals surface area contributed by atoms with E-state index in [1.807, 2.05) is 13.8 Å². The predicted octanol–water partition coefficient (Wildman–Crippen LogP) is 9.27. The highest BCUT2D eigenvalue weighted by molar-refractivity contribution is 7.15. The summed E-state index contributed by atoms with van der Waals surface area (Å²) in [6, 6.07) is 9.98. The second-order valence-electron chi connectivity index (χ2n) is 22.2. The van der Waals surface area contributed by atoms with Gasteiger partial charge in [-0.05, 0) is 56.2 Å². The van der Waals surface area contributed by atoms with Gasteiger partial charge in [-0.1, -0.05) is 44.2 Å². The number of carboxylic acids is 2. The molecule has 7 N–H and O–H groups in total. The van der Waals surface area contributed by atoms with Crippen LogP contribution in [0.25, 0.3) is 43.4 Å². The molecular weight excluding hydrogens is 1320 g/mol. The number of pyridine rings is 1. The predicted molar refractivity (Wildman–Crippen MR) is 349 cm³/mol. The lowest BCUT2D eigenvalue weighted by atomic mass is 9.87. The van der Waals surface area contributed by atoms with E-state index >= 15 is 0 Å². The number of rotatable bonds is 16. The summed E-state index contributed by atoms with van der Waals surface area (Å²) in [4.78, 5) is 144. The van der Waals surface area contributed by atoms with E-state index in [1.165, 1.54) is 48.8 Å². The molecule has 8 aromatic rings. The molecular formula is C61H64N12O14S6. The maximum absolute atomic E-state index is 14.4. The molecule has 2 unspecified atom stereocenters. The molecule has 0 radical (unpaired) electrons. The number of benzene rings is 1. The molecule has 32 heteroatoms. The van der Waals surface area contributed by atoms with Crippen molar-refractivity contribution in [3.8, 4) is 43.4 Å². The van der Waals surface area contributed by atoms with Crippen LogP contribution in [-0.2, 0) is 40.0 Å². The van der Waals surface area contributed by atoms with Crippen molar-refractivity contribution in [2.24, 2.45) is 11.8 Å². The highest BCUT2D eigenvalue weighted by atomic mass is 32.1. The first kappa shape index (κ1) is 67.7. The number of carbonyl (C=O) groups excluding carboxylic acids is 6. The molecule has 1 aliphatic carbocycles. The number of fused-ring (bicyclic) bond motifs is 14. The summed E-state index contributed by atoms with van der Waals surface area (Å²) >= 11 is 7.02. The van der Waals surface area contributed by atoms with Crippen molar-refractivity contribution in [3.63, 3.8) is 0 Å². The van der Waals surface area contributed by atoms with E-state index in [9.17, 15) is 53.7 Å². The number of ether oxygens (including phenoxy) is 3. The summed E-state index contributed by atoms with van der Waals surface area (Å²) in [5.74, 6) is -5.92. The molecule has 10 bridgehead atoms. The molecule has 488 valence electrons. The van der Waals surface area contributed by atoms with E-state index < -0.39 is 96.9 Å². The normalized spacial score (nSPS) is 18.8. The molecule has 0 saturated heterocycles. The Morgan fingerprint density at radius 2 is 1.43 bits per heavy atom. The molecule has 10 rings (SSSR count). The lowest BCUT2D eigenvalue weighted by Gasteiger charge is -2.29. The molecule has 1 saturated carbocycles. The van der Waals surface area contributed by atoms with Crippen LogP contribution in [0.2, 0.25) is 0 Å². The van der Waals surface area contributed by atoms with Crippen LogP contribution in [0.1, 0.15) is 145 Å². The summed E-state index contributed by atoms with van der Waals surface area (Å²) in [6.45, 7) is 4.81. The Kier molecular flexibility index (Phi) is 22.0. The van der Waals surface area contributed by atoms with Crippen LogP contribution in [0.3, 0.4) is 0 Å². The average molecular weight is 1380 g/mol. The van der Waals surface area contributed by atoms with Gasteiger partial charge in [-0.3, -0.25) is 38.5 Å². The SMILES string of the molecule is CNC(=O)C[C@@H]1NC(=O)c2csc(n2)-c2ccc(-c3nc(N(CC(CC(=O)O)OC)C(=O)OC4CCC(C(=O)O)CC4)cs3)nc2-c2csc(n2)-c2csc(n2)[C@H]([C@@H](O)c2ccccc2)NC(=O)CNC(=O)c2nc(sc2COC)C(C(C)C)CC(=O)c2nc1sc2C. The molecule has 5 atom stereocenters. The number of Topliss-reactive ketones (excluding diaryl/α,β-unsaturated/α-hetero) is 1. The number of aliphatic hydroxyl groups is 1. The minimum absolute atomic E-state index is 0.00913. The average Bonchev–Trinajstić information content (AvgIpc) is 1.69. The Labute approximate surface area is 556 Å². The Hall–Kier alpha value is -8.21. The lowest BCUT2D eigenvalue weighted by molar-refractivity contribution is -0.143. The monoisotopic (exact) mass is 1380 g/mol. The number of aliphatic hydroxyl groups excluding tert-OH is 1. The molecule has 26 nitrogen and oxygen atoms in total. The van der Waals surface area contributed by atoms with Gasteiger partial charge < -0.3 is 50.8 Å². The minimum Gasteiger partial charge on any atom is -0.481 e. The van der Waals surface area contributed by atoms with Crippen LogP contribution in [0, 0.1) is 18.8 Å². The number of carbonyl (C=O) groups is 8. The molecule has 8 heterocycles. The number of ketones is 1. The van der Waals surface area contributed by atoms with Crippen molar-refractivity contribution in [1.29, 1.82) is 0 Å². The number of anilines is 1. The fourth-order valence-corrected chi connectivity index (χ4v) is 16.1. The highest BCUT2D eigenvalue weighted by Crippen LogP contribution is 2.41. The molecule has 0 spiro atoms. The number of thiazole rings is 6. The number of amides is 5. The third kappa shape index (κ3) is 16.1. The van der Waals surface area contributed by atoms with Gasteiger partial charge in [-0.25, -0.2) is 39.7 Å². The van der Waals surface area contributed by atoms with Crippen LogP contribution in [0.4, 0.5) is 10.6 Å². The number of hydrogen-bond donors (Lipinski definition) is 7. The molecule has 2 aliphatic rings. The van der Waals surface area contributed by atoms with Crippen LogP contribution in [0.15, 0.2) is 64.0 Å². The third-order valence-electron chi connectivity index (χ3n) is 15.5. The maximum atomic E-state index is 14.4. The number of aliphatic carboxylic acids is 2. The smallest absolute Gasteiger partial charge is 0.415 e. The van der Waals surface area contributed by atoms with Crippen molar-refractivity contribution in [1.82, 2.24) is 56.2 Å². The molecule has 1 aromatic carbocycles. The first-order valence-corrected chi connectivity index (χ1v) is 34.4. The van der Waals surface area contributed by atoms with Crippen LogP contribution >= 0.6 is 68.0 Å². The number of aryl methyl sites for hydroxylation is 1. The number of hydrogen-bond acceptors (Lipinski definition) is 25. The van der Waals surface area contributed by atoms with E-state index in [2.05, 4.69) is 21.3 Å². The molecule has 1 fully saturated rings. The maximum Gasteiger partial charge on any atom is 0.415 e. The largest absolute Gasteiger partial charge is 0.481 e.